The molecule has 0 spiro atoms. The summed E-state index contributed by atoms with van der Waals surface area (Å²) in [4.78, 5) is 10.9. The Kier molecular flexibility index (Phi) is 6.56. The van der Waals surface area contributed by atoms with E-state index < -0.39 is 5.97 Å². The van der Waals surface area contributed by atoms with E-state index in [1.54, 1.807) is 6.92 Å². The Morgan fingerprint density at radius 1 is 1.22 bits per heavy atom. The van der Waals surface area contributed by atoms with E-state index >= 15 is 0 Å². The van der Waals surface area contributed by atoms with Crippen LogP contribution in [0.4, 0.5) is 0 Å². The van der Waals surface area contributed by atoms with E-state index in [0.29, 0.717) is 5.57 Å². The third-order valence-corrected chi connectivity index (χ3v) is 4.28. The third kappa shape index (κ3) is 5.55. The lowest BCUT2D eigenvalue weighted by Crippen LogP contribution is -2.16. The summed E-state index contributed by atoms with van der Waals surface area (Å²) in [5.74, 6) is -0.872. The largest absolute Gasteiger partial charge is 0.478 e. The van der Waals surface area contributed by atoms with E-state index in [1.165, 1.54) is 11.1 Å². The van der Waals surface area contributed by atoms with Crippen LogP contribution in [0, 0.1) is 5.41 Å². The van der Waals surface area contributed by atoms with E-state index in [1.807, 2.05) is 32.1 Å². The van der Waals surface area contributed by atoms with Gasteiger partial charge in [-0.15, -0.1) is 0 Å². The molecule has 1 aliphatic rings. The molecule has 2 nitrogen and oxygen atoms in total. The molecular weight excluding hydrogens is 284 g/mol. The molecule has 0 heterocycles. The number of hydrogen-bond donors (Lipinski definition) is 1. The van der Waals surface area contributed by atoms with Crippen molar-refractivity contribution in [2.45, 2.75) is 48.0 Å². The summed E-state index contributed by atoms with van der Waals surface area (Å²) in [6.07, 6.45) is 15.5. The highest BCUT2D eigenvalue weighted by Crippen LogP contribution is 2.37. The monoisotopic (exact) mass is 312 g/mol. The smallest absolute Gasteiger partial charge is 0.331 e. The zero-order chi connectivity index (χ0) is 17.6. The van der Waals surface area contributed by atoms with Gasteiger partial charge in [0.2, 0.25) is 0 Å². The van der Waals surface area contributed by atoms with Gasteiger partial charge >= 0.3 is 5.97 Å². The molecule has 0 radical (unpaired) electrons. The Hall–Kier alpha value is -2.09. The third-order valence-electron chi connectivity index (χ3n) is 4.28. The van der Waals surface area contributed by atoms with Gasteiger partial charge in [0.05, 0.1) is 0 Å². The molecule has 0 bridgehead atoms. The average Bonchev–Trinajstić information content (AvgIpc) is 2.44. The van der Waals surface area contributed by atoms with Crippen molar-refractivity contribution in [1.29, 1.82) is 0 Å². The number of carboxylic acids is 1. The van der Waals surface area contributed by atoms with E-state index in [-0.39, 0.29) is 5.41 Å². The molecule has 0 aromatic carbocycles. The minimum Gasteiger partial charge on any atom is -0.478 e. The van der Waals surface area contributed by atoms with Crippen LogP contribution in [-0.4, -0.2) is 11.1 Å². The van der Waals surface area contributed by atoms with Gasteiger partial charge in [0, 0.05) is 5.57 Å². The van der Waals surface area contributed by atoms with Crippen molar-refractivity contribution in [2.75, 3.05) is 0 Å². The first-order valence-electron chi connectivity index (χ1n) is 7.97. The van der Waals surface area contributed by atoms with E-state index in [9.17, 15) is 4.79 Å². The summed E-state index contributed by atoms with van der Waals surface area (Å²) in [5.41, 5.74) is 5.13. The summed E-state index contributed by atoms with van der Waals surface area (Å²) >= 11 is 0. The Bertz CT molecular complexity index is 647. The second-order valence-corrected chi connectivity index (χ2v) is 6.80. The highest BCUT2D eigenvalue weighted by molar-refractivity contribution is 5.87. The van der Waals surface area contributed by atoms with Crippen molar-refractivity contribution in [3.63, 3.8) is 0 Å². The lowest BCUT2D eigenvalue weighted by atomic mass is 9.75. The molecule has 1 N–H and O–H groups in total. The average molecular weight is 312 g/mol. The molecule has 23 heavy (non-hydrogen) atoms. The lowest BCUT2D eigenvalue weighted by molar-refractivity contribution is -0.132. The first-order chi connectivity index (χ1) is 10.6. The van der Waals surface area contributed by atoms with Crippen LogP contribution >= 0.6 is 0 Å². The number of aliphatic carboxylic acids is 1. The Balaban J connectivity index is 2.87. The summed E-state index contributed by atoms with van der Waals surface area (Å²) in [6, 6.07) is 0. The Morgan fingerprint density at radius 3 is 2.43 bits per heavy atom. The highest BCUT2D eigenvalue weighted by Gasteiger charge is 2.23. The van der Waals surface area contributed by atoms with Crippen LogP contribution in [0.25, 0.3) is 0 Å². The molecule has 0 atom stereocenters. The quantitative estimate of drug-likeness (QED) is 0.517. The van der Waals surface area contributed by atoms with Crippen LogP contribution in [0.5, 0.6) is 0 Å². The van der Waals surface area contributed by atoms with Crippen molar-refractivity contribution < 1.29 is 9.90 Å². The topological polar surface area (TPSA) is 37.3 Å². The maximum Gasteiger partial charge on any atom is 0.331 e. The molecule has 0 unspecified atom stereocenters. The summed E-state index contributed by atoms with van der Waals surface area (Å²) in [5, 5.41) is 8.93. The van der Waals surface area contributed by atoms with Crippen LogP contribution in [-0.2, 0) is 4.79 Å². The highest BCUT2D eigenvalue weighted by atomic mass is 16.4. The van der Waals surface area contributed by atoms with Crippen LogP contribution in [0.1, 0.15) is 48.0 Å². The fourth-order valence-electron chi connectivity index (χ4n) is 2.53. The fraction of sp³-hybridized carbons (Fsp3) is 0.381. The first-order valence-corrected chi connectivity index (χ1v) is 7.97. The molecule has 2 heteroatoms. The summed E-state index contributed by atoms with van der Waals surface area (Å²) < 4.78 is 0. The number of carboxylic acid groups (broad SMARTS) is 1. The van der Waals surface area contributed by atoms with Crippen LogP contribution in [0.15, 0.2) is 70.4 Å². The normalized spacial score (nSPS) is 19.7. The number of rotatable bonds is 5. The second kappa shape index (κ2) is 7.96. The van der Waals surface area contributed by atoms with Crippen LogP contribution < -0.4 is 0 Å². The predicted molar refractivity (Wildman–Crippen MR) is 98.3 cm³/mol. The summed E-state index contributed by atoms with van der Waals surface area (Å²) in [6.45, 7) is 12.2. The Morgan fingerprint density at radius 2 is 1.87 bits per heavy atom. The van der Waals surface area contributed by atoms with E-state index in [0.717, 1.165) is 17.6 Å². The van der Waals surface area contributed by atoms with E-state index in [4.69, 9.17) is 5.11 Å². The minimum atomic E-state index is -0.872. The second-order valence-electron chi connectivity index (χ2n) is 6.80. The molecular formula is C21H28O2. The van der Waals surface area contributed by atoms with Crippen molar-refractivity contribution >= 4 is 5.97 Å². The molecule has 0 aromatic heterocycles. The van der Waals surface area contributed by atoms with Crippen molar-refractivity contribution in [2.24, 2.45) is 5.41 Å². The van der Waals surface area contributed by atoms with Gasteiger partial charge in [0.15, 0.2) is 0 Å². The molecule has 0 saturated carbocycles. The van der Waals surface area contributed by atoms with Gasteiger partial charge in [-0.3, -0.25) is 0 Å². The van der Waals surface area contributed by atoms with Gasteiger partial charge in [0.1, 0.15) is 0 Å². The van der Waals surface area contributed by atoms with E-state index in [2.05, 4.69) is 45.1 Å². The van der Waals surface area contributed by atoms with Crippen LogP contribution in [0.3, 0.4) is 0 Å². The zero-order valence-corrected chi connectivity index (χ0v) is 15.1. The maximum absolute atomic E-state index is 10.9. The number of carbonyl (C=O) groups is 1. The number of hydrogen-bond acceptors (Lipinski definition) is 1. The SMILES string of the molecule is CC(C=CC1=C(C)C=CCC1(C)C)=CC=CC(C)=C(C)C(=O)O. The van der Waals surface area contributed by atoms with Gasteiger partial charge in [-0.2, -0.15) is 0 Å². The molecule has 0 aromatic rings. The minimum absolute atomic E-state index is 0.170. The fourth-order valence-corrected chi connectivity index (χ4v) is 2.53. The molecule has 0 aliphatic heterocycles. The lowest BCUT2D eigenvalue weighted by Gasteiger charge is -2.29. The molecule has 1 aliphatic carbocycles. The van der Waals surface area contributed by atoms with Crippen molar-refractivity contribution in [3.05, 3.63) is 70.4 Å². The van der Waals surface area contributed by atoms with Gasteiger partial charge < -0.3 is 5.11 Å². The van der Waals surface area contributed by atoms with Gasteiger partial charge in [-0.25, -0.2) is 4.79 Å². The van der Waals surface area contributed by atoms with Gasteiger partial charge in [-0.1, -0.05) is 62.0 Å². The predicted octanol–water partition coefficient (Wildman–Crippen LogP) is 5.77. The molecule has 0 saturated heterocycles. The van der Waals surface area contributed by atoms with Crippen LogP contribution in [0.2, 0.25) is 0 Å². The van der Waals surface area contributed by atoms with Crippen molar-refractivity contribution in [1.82, 2.24) is 0 Å². The van der Waals surface area contributed by atoms with Crippen molar-refractivity contribution in [3.8, 4) is 0 Å². The summed E-state index contributed by atoms with van der Waals surface area (Å²) in [7, 11) is 0. The maximum atomic E-state index is 10.9. The molecule has 0 amide bonds. The number of allylic oxidation sites excluding steroid dienone is 11. The molecule has 1 rings (SSSR count). The molecule has 0 fully saturated rings. The first kappa shape index (κ1) is 19.0. The zero-order valence-electron chi connectivity index (χ0n) is 15.1. The Labute approximate surface area is 140 Å². The molecule has 124 valence electrons. The van der Waals surface area contributed by atoms with Gasteiger partial charge in [0.25, 0.3) is 0 Å². The van der Waals surface area contributed by atoms with Gasteiger partial charge in [-0.05, 0) is 56.3 Å². The standard InChI is InChI=1S/C21H28O2/c1-15(9-7-10-16(2)18(4)20(22)23)12-13-19-17(3)11-8-14-21(19,5)6/h7-13H,14H2,1-6H3,(H,22,23).